The van der Waals surface area contributed by atoms with Crippen molar-refractivity contribution in [2.75, 3.05) is 13.1 Å². The first-order chi connectivity index (χ1) is 8.82. The molecular formula is C10H16F3N5O. The molecule has 9 heteroatoms. The Morgan fingerprint density at radius 2 is 2.26 bits per heavy atom. The van der Waals surface area contributed by atoms with Gasteiger partial charge in [-0.05, 0) is 24.8 Å². The van der Waals surface area contributed by atoms with Gasteiger partial charge in [0.15, 0.2) is 0 Å². The van der Waals surface area contributed by atoms with E-state index in [0.717, 1.165) is 0 Å². The molecule has 1 amide bonds. The van der Waals surface area contributed by atoms with E-state index in [9.17, 15) is 18.0 Å². The van der Waals surface area contributed by atoms with E-state index in [1.165, 1.54) is 0 Å². The minimum atomic E-state index is -4.33. The van der Waals surface area contributed by atoms with E-state index in [1.54, 1.807) is 0 Å². The first-order valence-electron chi connectivity index (χ1n) is 5.94. The summed E-state index contributed by atoms with van der Waals surface area (Å²) in [6, 6.07) is 0. The van der Waals surface area contributed by atoms with Gasteiger partial charge in [0.1, 0.15) is 0 Å². The Hall–Kier alpha value is -1.47. The second-order valence-corrected chi connectivity index (χ2v) is 4.66. The van der Waals surface area contributed by atoms with Crippen LogP contribution >= 0.6 is 0 Å². The van der Waals surface area contributed by atoms with Crippen molar-refractivity contribution in [2.24, 2.45) is 16.8 Å². The fourth-order valence-electron chi connectivity index (χ4n) is 2.42. The molecule has 3 N–H and O–H groups in total. The molecule has 6 nitrogen and oxygen atoms in total. The van der Waals surface area contributed by atoms with Crippen LogP contribution in [0.2, 0.25) is 0 Å². The number of carbonyl (C=O) groups excluding carboxylic acids is 1. The van der Waals surface area contributed by atoms with Crippen LogP contribution in [0.25, 0.3) is 10.4 Å². The van der Waals surface area contributed by atoms with Crippen LogP contribution in [-0.2, 0) is 4.79 Å². The number of alkyl halides is 3. The van der Waals surface area contributed by atoms with Crippen molar-refractivity contribution < 1.29 is 18.0 Å². The van der Waals surface area contributed by atoms with E-state index in [0.29, 0.717) is 0 Å². The number of carbonyl (C=O) groups is 1. The Morgan fingerprint density at radius 1 is 1.58 bits per heavy atom. The SMILES string of the molecule is [N-]=[N+]=NCCNC1(C(N)=O)CCCC(C(F)(F)F)C1. The second kappa shape index (κ2) is 6.12. The van der Waals surface area contributed by atoms with Crippen molar-refractivity contribution in [3.05, 3.63) is 10.4 Å². The van der Waals surface area contributed by atoms with Crippen LogP contribution in [0.4, 0.5) is 13.2 Å². The third-order valence-corrected chi connectivity index (χ3v) is 3.42. The summed E-state index contributed by atoms with van der Waals surface area (Å²) in [7, 11) is 0. The topological polar surface area (TPSA) is 104 Å². The van der Waals surface area contributed by atoms with Crippen molar-refractivity contribution in [1.82, 2.24) is 5.32 Å². The average molecular weight is 279 g/mol. The Morgan fingerprint density at radius 3 is 2.79 bits per heavy atom. The number of primary amides is 1. The summed E-state index contributed by atoms with van der Waals surface area (Å²) in [4.78, 5) is 14.0. The zero-order chi connectivity index (χ0) is 14.5. The van der Waals surface area contributed by atoms with Crippen LogP contribution in [0.1, 0.15) is 25.7 Å². The summed E-state index contributed by atoms with van der Waals surface area (Å²) < 4.78 is 38.2. The third kappa shape index (κ3) is 4.00. The molecular weight excluding hydrogens is 263 g/mol. The van der Waals surface area contributed by atoms with Gasteiger partial charge in [0.05, 0.1) is 11.5 Å². The minimum absolute atomic E-state index is 0.0105. The van der Waals surface area contributed by atoms with Gasteiger partial charge in [-0.1, -0.05) is 11.5 Å². The van der Waals surface area contributed by atoms with Crippen molar-refractivity contribution in [3.63, 3.8) is 0 Å². The average Bonchev–Trinajstić information content (AvgIpc) is 2.34. The van der Waals surface area contributed by atoms with Crippen LogP contribution in [-0.4, -0.2) is 30.7 Å². The summed E-state index contributed by atoms with van der Waals surface area (Å²) >= 11 is 0. The first kappa shape index (κ1) is 15.6. The lowest BCUT2D eigenvalue weighted by atomic mass is 9.74. The number of nitrogens with two attached hydrogens (primary N) is 1. The number of hydrogen-bond acceptors (Lipinski definition) is 3. The van der Waals surface area contributed by atoms with E-state index >= 15 is 0 Å². The molecule has 0 bridgehead atoms. The molecule has 1 aliphatic rings. The maximum Gasteiger partial charge on any atom is 0.391 e. The van der Waals surface area contributed by atoms with Gasteiger partial charge in [-0.3, -0.25) is 4.79 Å². The van der Waals surface area contributed by atoms with Gasteiger partial charge in [0.25, 0.3) is 0 Å². The molecule has 1 rings (SSSR count). The Balaban J connectivity index is 2.75. The zero-order valence-electron chi connectivity index (χ0n) is 10.3. The largest absolute Gasteiger partial charge is 0.391 e. The Kier molecular flexibility index (Phi) is 5.02. The van der Waals surface area contributed by atoms with Gasteiger partial charge >= 0.3 is 6.18 Å². The van der Waals surface area contributed by atoms with E-state index in [4.69, 9.17) is 11.3 Å². The van der Waals surface area contributed by atoms with Gasteiger partial charge in [-0.2, -0.15) is 13.2 Å². The lowest BCUT2D eigenvalue weighted by Crippen LogP contribution is -2.59. The van der Waals surface area contributed by atoms with Crippen molar-refractivity contribution in [1.29, 1.82) is 0 Å². The normalized spacial score (nSPS) is 27.6. The lowest BCUT2D eigenvalue weighted by Gasteiger charge is -2.39. The Labute approximate surface area is 108 Å². The van der Waals surface area contributed by atoms with Gasteiger partial charge in [-0.15, -0.1) is 0 Å². The molecule has 0 radical (unpaired) electrons. The molecule has 0 aromatic heterocycles. The van der Waals surface area contributed by atoms with Gasteiger partial charge in [0, 0.05) is 18.0 Å². The molecule has 1 saturated carbocycles. The van der Waals surface area contributed by atoms with Crippen LogP contribution < -0.4 is 11.1 Å². The van der Waals surface area contributed by atoms with Gasteiger partial charge in [0.2, 0.25) is 5.91 Å². The smallest absolute Gasteiger partial charge is 0.368 e. The number of halogens is 3. The third-order valence-electron chi connectivity index (χ3n) is 3.42. The maximum atomic E-state index is 12.7. The molecule has 2 atom stereocenters. The maximum absolute atomic E-state index is 12.7. The van der Waals surface area contributed by atoms with Crippen molar-refractivity contribution in [2.45, 2.75) is 37.4 Å². The molecule has 0 heterocycles. The van der Waals surface area contributed by atoms with Crippen LogP contribution in [0, 0.1) is 5.92 Å². The summed E-state index contributed by atoms with van der Waals surface area (Å²) in [6.45, 7) is 0.180. The molecule has 1 aliphatic carbocycles. The number of amides is 1. The second-order valence-electron chi connectivity index (χ2n) is 4.66. The summed E-state index contributed by atoms with van der Waals surface area (Å²) in [5.74, 6) is -2.32. The number of nitrogens with zero attached hydrogens (tertiary/aromatic N) is 3. The zero-order valence-corrected chi connectivity index (χ0v) is 10.3. The number of hydrogen-bond donors (Lipinski definition) is 2. The quantitative estimate of drug-likeness (QED) is 0.347. The lowest BCUT2D eigenvalue weighted by molar-refractivity contribution is -0.188. The van der Waals surface area contributed by atoms with E-state index in [1.807, 2.05) is 0 Å². The predicted octanol–water partition coefficient (Wildman–Crippen LogP) is 1.86. The predicted molar refractivity (Wildman–Crippen MR) is 62.0 cm³/mol. The van der Waals surface area contributed by atoms with Crippen LogP contribution in [0.3, 0.4) is 0 Å². The monoisotopic (exact) mass is 279 g/mol. The molecule has 0 aromatic rings. The fraction of sp³-hybridized carbons (Fsp3) is 0.900. The molecule has 0 saturated heterocycles. The van der Waals surface area contributed by atoms with Gasteiger partial charge < -0.3 is 11.1 Å². The summed E-state index contributed by atoms with van der Waals surface area (Å²) in [6.07, 6.45) is -4.13. The summed E-state index contributed by atoms with van der Waals surface area (Å²) in [5, 5.41) is 5.99. The summed E-state index contributed by atoms with van der Waals surface area (Å²) in [5.41, 5.74) is 12.0. The number of azide groups is 1. The van der Waals surface area contributed by atoms with Crippen molar-refractivity contribution in [3.8, 4) is 0 Å². The molecule has 0 spiro atoms. The molecule has 1 fully saturated rings. The first-order valence-corrected chi connectivity index (χ1v) is 5.94. The number of rotatable bonds is 5. The fourth-order valence-corrected chi connectivity index (χ4v) is 2.42. The number of nitrogens with one attached hydrogen (secondary N) is 1. The molecule has 2 unspecified atom stereocenters. The van der Waals surface area contributed by atoms with Crippen molar-refractivity contribution >= 4 is 5.91 Å². The molecule has 19 heavy (non-hydrogen) atoms. The highest BCUT2D eigenvalue weighted by molar-refractivity contribution is 5.84. The molecule has 0 aliphatic heterocycles. The van der Waals surface area contributed by atoms with E-state index in [-0.39, 0.29) is 38.8 Å². The van der Waals surface area contributed by atoms with Crippen LogP contribution in [0.15, 0.2) is 5.11 Å². The molecule has 108 valence electrons. The van der Waals surface area contributed by atoms with E-state index in [2.05, 4.69) is 15.3 Å². The highest BCUT2D eigenvalue weighted by Gasteiger charge is 2.49. The van der Waals surface area contributed by atoms with Crippen LogP contribution in [0.5, 0.6) is 0 Å². The standard InChI is InChI=1S/C10H16F3N5O/c11-10(12,13)7-2-1-3-9(6-7,8(14)19)16-4-5-17-18-15/h7,16H,1-6H2,(H2,14,19). The minimum Gasteiger partial charge on any atom is -0.368 e. The Bertz CT molecular complexity index is 380. The van der Waals surface area contributed by atoms with E-state index < -0.39 is 23.5 Å². The highest BCUT2D eigenvalue weighted by atomic mass is 19.4. The van der Waals surface area contributed by atoms with Gasteiger partial charge in [-0.25, -0.2) is 0 Å². The molecule has 0 aromatic carbocycles. The highest BCUT2D eigenvalue weighted by Crippen LogP contribution is 2.41.